The molecule has 0 aromatic carbocycles. The van der Waals surface area contributed by atoms with Crippen molar-refractivity contribution in [2.75, 3.05) is 54.9 Å². The van der Waals surface area contributed by atoms with Crippen LogP contribution in [0.2, 0.25) is 0 Å². The van der Waals surface area contributed by atoms with Gasteiger partial charge in [-0.15, -0.1) is 0 Å². The lowest BCUT2D eigenvalue weighted by atomic mass is 10.2. The Labute approximate surface area is 124 Å². The van der Waals surface area contributed by atoms with Crippen molar-refractivity contribution in [1.29, 1.82) is 0 Å². The van der Waals surface area contributed by atoms with Crippen molar-refractivity contribution >= 4 is 0 Å². The summed E-state index contributed by atoms with van der Waals surface area (Å²) in [4.78, 5) is 0. The van der Waals surface area contributed by atoms with E-state index < -0.39 is 0 Å². The van der Waals surface area contributed by atoms with Gasteiger partial charge in [-0.05, 0) is 6.42 Å². The summed E-state index contributed by atoms with van der Waals surface area (Å²) < 4.78 is 2.28. The first-order chi connectivity index (χ1) is 6.27. The molecular weight excluding hydrogens is 332 g/mol. The molecule has 0 amide bonds. The number of hydrogen-bond acceptors (Lipinski definition) is 0. The van der Waals surface area contributed by atoms with Gasteiger partial charge in [-0.2, -0.15) is 0 Å². The Hall–Kier alpha value is 0.880. The second-order valence-corrected chi connectivity index (χ2v) is 6.10. The molecule has 0 bridgehead atoms. The predicted octanol–water partition coefficient (Wildman–Crippen LogP) is -4.03. The Kier molecular flexibility index (Phi) is 13.6. The number of hydrogen-bond donors (Lipinski definition) is 0. The van der Waals surface area contributed by atoms with Crippen molar-refractivity contribution in [2.24, 2.45) is 0 Å². The van der Waals surface area contributed by atoms with Crippen molar-refractivity contribution in [3.05, 3.63) is 0 Å². The number of rotatable bonds is 7. The molecule has 0 saturated heterocycles. The summed E-state index contributed by atoms with van der Waals surface area (Å²) in [6, 6.07) is 0. The van der Waals surface area contributed by atoms with Gasteiger partial charge in [0.05, 0.1) is 54.9 Å². The van der Waals surface area contributed by atoms with E-state index in [9.17, 15) is 0 Å². The van der Waals surface area contributed by atoms with Crippen LogP contribution in [0.4, 0.5) is 0 Å². The van der Waals surface area contributed by atoms with Crippen LogP contribution in [0.1, 0.15) is 26.2 Å². The van der Waals surface area contributed by atoms with E-state index in [4.69, 9.17) is 0 Å². The molecule has 4 heteroatoms. The van der Waals surface area contributed by atoms with Crippen LogP contribution in [0.5, 0.6) is 0 Å². The molecule has 16 heavy (non-hydrogen) atoms. The molecule has 2 nitrogen and oxygen atoms in total. The standard InChI is InChI=1S/C12H30N2.2BrH/c1-7-8-11-14(5,6)12-9-10-13(2,3)4;;/h7-12H2,1-6H3;2*1H/q+2;;/p-2. The maximum Gasteiger partial charge on any atom is 0.0836 e. The van der Waals surface area contributed by atoms with E-state index in [1.807, 2.05) is 0 Å². The van der Waals surface area contributed by atoms with Crippen molar-refractivity contribution in [1.82, 2.24) is 0 Å². The molecule has 0 rings (SSSR count). The molecule has 0 saturated carbocycles. The first-order valence-electron chi connectivity index (χ1n) is 5.89. The number of nitrogens with zero attached hydrogens (tertiary/aromatic N) is 2. The third-order valence-corrected chi connectivity index (χ3v) is 2.71. The van der Waals surface area contributed by atoms with Crippen LogP contribution in [-0.2, 0) is 0 Å². The van der Waals surface area contributed by atoms with Gasteiger partial charge in [0.1, 0.15) is 0 Å². The molecule has 0 N–H and O–H groups in total. The minimum Gasteiger partial charge on any atom is -1.00 e. The lowest BCUT2D eigenvalue weighted by Gasteiger charge is -2.31. The van der Waals surface area contributed by atoms with E-state index in [2.05, 4.69) is 42.2 Å². The van der Waals surface area contributed by atoms with Crippen LogP contribution in [0.25, 0.3) is 0 Å². The number of unbranched alkanes of at least 4 members (excludes halogenated alkanes) is 1. The molecule has 0 aromatic heterocycles. The van der Waals surface area contributed by atoms with Crippen LogP contribution in [0, 0.1) is 0 Å². The predicted molar refractivity (Wildman–Crippen MR) is 64.3 cm³/mol. The Bertz CT molecular complexity index is 154. The summed E-state index contributed by atoms with van der Waals surface area (Å²) in [5.74, 6) is 0. The van der Waals surface area contributed by atoms with Crippen LogP contribution >= 0.6 is 0 Å². The molecule has 0 aliphatic carbocycles. The third kappa shape index (κ3) is 14.9. The Morgan fingerprint density at radius 2 is 1.12 bits per heavy atom. The largest absolute Gasteiger partial charge is 1.00 e. The second-order valence-electron chi connectivity index (χ2n) is 6.10. The molecule has 0 aliphatic heterocycles. The van der Waals surface area contributed by atoms with Gasteiger partial charge in [0.25, 0.3) is 0 Å². The van der Waals surface area contributed by atoms with Crippen LogP contribution in [0.3, 0.4) is 0 Å². The average molecular weight is 362 g/mol. The molecule has 0 aromatic rings. The highest BCUT2D eigenvalue weighted by Crippen LogP contribution is 2.04. The smallest absolute Gasteiger partial charge is 0.0836 e. The van der Waals surface area contributed by atoms with Crippen molar-refractivity contribution < 1.29 is 42.9 Å². The first-order valence-corrected chi connectivity index (χ1v) is 5.89. The summed E-state index contributed by atoms with van der Waals surface area (Å²) in [5.41, 5.74) is 0. The monoisotopic (exact) mass is 360 g/mol. The zero-order chi connectivity index (χ0) is 11.2. The Morgan fingerprint density at radius 1 is 0.688 bits per heavy atom. The molecule has 0 atom stereocenters. The van der Waals surface area contributed by atoms with E-state index >= 15 is 0 Å². The zero-order valence-corrected chi connectivity index (χ0v) is 15.1. The normalized spacial score (nSPS) is 11.6. The first kappa shape index (κ1) is 22.1. The van der Waals surface area contributed by atoms with Crippen molar-refractivity contribution in [3.63, 3.8) is 0 Å². The fourth-order valence-electron chi connectivity index (χ4n) is 1.67. The van der Waals surface area contributed by atoms with Gasteiger partial charge in [0, 0.05) is 6.42 Å². The lowest BCUT2D eigenvalue weighted by molar-refractivity contribution is -0.902. The van der Waals surface area contributed by atoms with Gasteiger partial charge in [0.2, 0.25) is 0 Å². The van der Waals surface area contributed by atoms with Crippen LogP contribution < -0.4 is 34.0 Å². The fraction of sp³-hybridized carbons (Fsp3) is 1.00. The summed E-state index contributed by atoms with van der Waals surface area (Å²) in [6.07, 6.45) is 4.01. The van der Waals surface area contributed by atoms with E-state index in [0.717, 1.165) is 4.48 Å². The van der Waals surface area contributed by atoms with Crippen molar-refractivity contribution in [3.8, 4) is 0 Å². The minimum atomic E-state index is 0. The maximum atomic E-state index is 2.35. The highest BCUT2D eigenvalue weighted by Gasteiger charge is 2.16. The van der Waals surface area contributed by atoms with Gasteiger partial charge in [-0.1, -0.05) is 13.3 Å². The van der Waals surface area contributed by atoms with Gasteiger partial charge in [-0.3, -0.25) is 0 Å². The van der Waals surface area contributed by atoms with E-state index in [0.29, 0.717) is 0 Å². The average Bonchev–Trinajstić information content (AvgIpc) is 1.98. The van der Waals surface area contributed by atoms with E-state index in [-0.39, 0.29) is 34.0 Å². The van der Waals surface area contributed by atoms with E-state index in [1.54, 1.807) is 0 Å². The highest BCUT2D eigenvalue weighted by molar-refractivity contribution is 4.39. The number of halogens is 2. The summed E-state index contributed by atoms with van der Waals surface area (Å²) in [5, 5.41) is 0. The molecule has 0 fully saturated rings. The van der Waals surface area contributed by atoms with Crippen LogP contribution in [-0.4, -0.2) is 63.8 Å². The quantitative estimate of drug-likeness (QED) is 0.405. The van der Waals surface area contributed by atoms with Gasteiger partial charge in [0.15, 0.2) is 0 Å². The topological polar surface area (TPSA) is 0 Å². The van der Waals surface area contributed by atoms with Gasteiger partial charge < -0.3 is 42.9 Å². The molecule has 0 radical (unpaired) electrons. The summed E-state index contributed by atoms with van der Waals surface area (Å²) in [7, 11) is 11.5. The minimum absolute atomic E-state index is 0. The third-order valence-electron chi connectivity index (χ3n) is 2.71. The molecule has 0 unspecified atom stereocenters. The fourth-order valence-corrected chi connectivity index (χ4v) is 1.67. The summed E-state index contributed by atoms with van der Waals surface area (Å²) in [6.45, 7) is 6.20. The Morgan fingerprint density at radius 3 is 1.50 bits per heavy atom. The zero-order valence-electron chi connectivity index (χ0n) is 11.9. The molecule has 0 aliphatic rings. The van der Waals surface area contributed by atoms with Gasteiger partial charge in [-0.25, -0.2) is 0 Å². The SMILES string of the molecule is CCCC[N+](C)(C)CCC[N+](C)(C)C.[Br-].[Br-]. The molecule has 102 valence electrons. The lowest BCUT2D eigenvalue weighted by Crippen LogP contribution is -3.00. The van der Waals surface area contributed by atoms with Crippen LogP contribution in [0.15, 0.2) is 0 Å². The molecule has 0 spiro atoms. The Balaban J connectivity index is -0.000000845. The number of quaternary nitrogens is 2. The van der Waals surface area contributed by atoms with E-state index in [1.165, 1.54) is 43.4 Å². The molecular formula is C12H30Br2N2. The maximum absolute atomic E-state index is 2.35. The van der Waals surface area contributed by atoms with Crippen molar-refractivity contribution in [2.45, 2.75) is 26.2 Å². The second kappa shape index (κ2) is 9.86. The summed E-state index contributed by atoms with van der Waals surface area (Å²) >= 11 is 0. The molecule has 0 heterocycles. The highest BCUT2D eigenvalue weighted by atomic mass is 79.9. The van der Waals surface area contributed by atoms with Gasteiger partial charge >= 0.3 is 0 Å².